The standard InChI is InChI=1S/C10H19NO2/c1-7(2)10(13)11-6-5-8(3)9(4)12/h7-8H,5-6H2,1-4H3,(H,11,13). The molecule has 1 amide bonds. The molecular weight excluding hydrogens is 166 g/mol. The summed E-state index contributed by atoms with van der Waals surface area (Å²) in [4.78, 5) is 21.9. The van der Waals surface area contributed by atoms with Crippen LogP contribution in [0.15, 0.2) is 0 Å². The lowest BCUT2D eigenvalue weighted by atomic mass is 10.0. The summed E-state index contributed by atoms with van der Waals surface area (Å²) in [7, 11) is 0. The third-order valence-corrected chi connectivity index (χ3v) is 2.09. The summed E-state index contributed by atoms with van der Waals surface area (Å²) < 4.78 is 0. The Labute approximate surface area is 79.9 Å². The van der Waals surface area contributed by atoms with Gasteiger partial charge in [-0.05, 0) is 13.3 Å². The summed E-state index contributed by atoms with van der Waals surface area (Å²) >= 11 is 0. The Morgan fingerprint density at radius 1 is 1.23 bits per heavy atom. The van der Waals surface area contributed by atoms with Crippen LogP contribution >= 0.6 is 0 Å². The number of carbonyl (C=O) groups excluding carboxylic acids is 2. The van der Waals surface area contributed by atoms with Crippen LogP contribution in [-0.4, -0.2) is 18.2 Å². The van der Waals surface area contributed by atoms with E-state index in [1.165, 1.54) is 0 Å². The summed E-state index contributed by atoms with van der Waals surface area (Å²) in [6.45, 7) is 7.75. The molecule has 3 heteroatoms. The van der Waals surface area contributed by atoms with Gasteiger partial charge in [0, 0.05) is 18.4 Å². The highest BCUT2D eigenvalue weighted by Gasteiger charge is 2.09. The largest absolute Gasteiger partial charge is 0.356 e. The monoisotopic (exact) mass is 185 g/mol. The van der Waals surface area contributed by atoms with Crippen molar-refractivity contribution >= 4 is 11.7 Å². The van der Waals surface area contributed by atoms with E-state index in [2.05, 4.69) is 5.32 Å². The fraction of sp³-hybridized carbons (Fsp3) is 0.800. The van der Waals surface area contributed by atoms with Crippen molar-refractivity contribution in [3.63, 3.8) is 0 Å². The van der Waals surface area contributed by atoms with Gasteiger partial charge in [-0.2, -0.15) is 0 Å². The number of nitrogens with one attached hydrogen (secondary N) is 1. The molecule has 1 N–H and O–H groups in total. The van der Waals surface area contributed by atoms with Gasteiger partial charge in [0.05, 0.1) is 0 Å². The van der Waals surface area contributed by atoms with Crippen molar-refractivity contribution in [3.05, 3.63) is 0 Å². The van der Waals surface area contributed by atoms with E-state index in [0.717, 1.165) is 6.42 Å². The number of carbonyl (C=O) groups is 2. The van der Waals surface area contributed by atoms with Gasteiger partial charge >= 0.3 is 0 Å². The first kappa shape index (κ1) is 12.1. The van der Waals surface area contributed by atoms with Gasteiger partial charge in [-0.25, -0.2) is 0 Å². The maximum atomic E-state index is 11.1. The number of amides is 1. The minimum Gasteiger partial charge on any atom is -0.356 e. The molecule has 0 bridgehead atoms. The second kappa shape index (κ2) is 5.73. The van der Waals surface area contributed by atoms with Gasteiger partial charge in [-0.1, -0.05) is 20.8 Å². The zero-order chi connectivity index (χ0) is 10.4. The first-order valence-electron chi connectivity index (χ1n) is 4.73. The third kappa shape index (κ3) is 5.39. The Morgan fingerprint density at radius 3 is 2.15 bits per heavy atom. The second-order valence-electron chi connectivity index (χ2n) is 3.75. The van der Waals surface area contributed by atoms with Gasteiger partial charge in [-0.15, -0.1) is 0 Å². The average molecular weight is 185 g/mol. The molecule has 0 fully saturated rings. The van der Waals surface area contributed by atoms with Crippen molar-refractivity contribution in [2.75, 3.05) is 6.54 Å². The Morgan fingerprint density at radius 2 is 1.77 bits per heavy atom. The Balaban J connectivity index is 3.56. The van der Waals surface area contributed by atoms with Crippen molar-refractivity contribution < 1.29 is 9.59 Å². The highest BCUT2D eigenvalue weighted by atomic mass is 16.1. The van der Waals surface area contributed by atoms with E-state index in [9.17, 15) is 9.59 Å². The molecule has 1 atom stereocenters. The molecule has 0 aromatic heterocycles. The van der Waals surface area contributed by atoms with Crippen molar-refractivity contribution in [2.24, 2.45) is 11.8 Å². The molecule has 0 aliphatic heterocycles. The SMILES string of the molecule is CC(=O)C(C)CCNC(=O)C(C)C. The van der Waals surface area contributed by atoms with Crippen LogP contribution in [0.25, 0.3) is 0 Å². The number of rotatable bonds is 5. The third-order valence-electron chi connectivity index (χ3n) is 2.09. The highest BCUT2D eigenvalue weighted by molar-refractivity contribution is 5.79. The molecule has 13 heavy (non-hydrogen) atoms. The lowest BCUT2D eigenvalue weighted by Crippen LogP contribution is -2.30. The molecule has 0 aliphatic carbocycles. The van der Waals surface area contributed by atoms with Gasteiger partial charge in [0.25, 0.3) is 0 Å². The summed E-state index contributed by atoms with van der Waals surface area (Å²) in [5.74, 6) is 0.301. The maximum Gasteiger partial charge on any atom is 0.222 e. The first-order chi connectivity index (χ1) is 5.95. The number of hydrogen-bond acceptors (Lipinski definition) is 2. The topological polar surface area (TPSA) is 46.2 Å². The first-order valence-corrected chi connectivity index (χ1v) is 4.73. The molecule has 0 spiro atoms. The molecule has 3 nitrogen and oxygen atoms in total. The Bertz CT molecular complexity index is 187. The quantitative estimate of drug-likeness (QED) is 0.703. The molecule has 0 aromatic carbocycles. The zero-order valence-corrected chi connectivity index (χ0v) is 8.89. The van der Waals surface area contributed by atoms with E-state index in [1.807, 2.05) is 20.8 Å². The van der Waals surface area contributed by atoms with Crippen molar-refractivity contribution in [3.8, 4) is 0 Å². The molecule has 0 saturated carbocycles. The zero-order valence-electron chi connectivity index (χ0n) is 8.89. The minimum absolute atomic E-state index is 0.0210. The van der Waals surface area contributed by atoms with Crippen LogP contribution < -0.4 is 5.32 Å². The minimum atomic E-state index is 0.0210. The van der Waals surface area contributed by atoms with Gasteiger partial charge in [0.2, 0.25) is 5.91 Å². The van der Waals surface area contributed by atoms with E-state index < -0.39 is 0 Å². The lowest BCUT2D eigenvalue weighted by Gasteiger charge is -2.10. The normalized spacial score (nSPS) is 12.7. The Kier molecular flexibility index (Phi) is 5.35. The van der Waals surface area contributed by atoms with Gasteiger partial charge in [-0.3, -0.25) is 9.59 Å². The molecule has 0 rings (SSSR count). The average Bonchev–Trinajstić information content (AvgIpc) is 2.03. The molecule has 0 radical (unpaired) electrons. The molecule has 0 heterocycles. The van der Waals surface area contributed by atoms with Crippen molar-refractivity contribution in [1.29, 1.82) is 0 Å². The summed E-state index contributed by atoms with van der Waals surface area (Å²) in [6.07, 6.45) is 0.730. The van der Waals surface area contributed by atoms with Gasteiger partial charge < -0.3 is 5.32 Å². The molecule has 76 valence electrons. The number of ketones is 1. The lowest BCUT2D eigenvalue weighted by molar-refractivity contribution is -0.124. The number of hydrogen-bond donors (Lipinski definition) is 1. The molecular formula is C10H19NO2. The second-order valence-corrected chi connectivity index (χ2v) is 3.75. The maximum absolute atomic E-state index is 11.1. The van der Waals surface area contributed by atoms with E-state index in [0.29, 0.717) is 6.54 Å². The van der Waals surface area contributed by atoms with Crippen LogP contribution in [0.5, 0.6) is 0 Å². The predicted octanol–water partition coefficient (Wildman–Crippen LogP) is 1.37. The highest BCUT2D eigenvalue weighted by Crippen LogP contribution is 2.01. The van der Waals surface area contributed by atoms with Gasteiger partial charge in [0.15, 0.2) is 0 Å². The van der Waals surface area contributed by atoms with Crippen LogP contribution in [-0.2, 0) is 9.59 Å². The van der Waals surface area contributed by atoms with Crippen LogP contribution in [0.4, 0.5) is 0 Å². The van der Waals surface area contributed by atoms with Crippen molar-refractivity contribution in [1.82, 2.24) is 5.32 Å². The fourth-order valence-corrected chi connectivity index (χ4v) is 0.819. The van der Waals surface area contributed by atoms with E-state index >= 15 is 0 Å². The van der Waals surface area contributed by atoms with Crippen LogP contribution in [0.2, 0.25) is 0 Å². The fourth-order valence-electron chi connectivity index (χ4n) is 0.819. The van der Waals surface area contributed by atoms with Crippen molar-refractivity contribution in [2.45, 2.75) is 34.1 Å². The molecule has 0 aliphatic rings. The smallest absolute Gasteiger partial charge is 0.222 e. The summed E-state index contributed by atoms with van der Waals surface area (Å²) in [6, 6.07) is 0. The molecule has 0 aromatic rings. The van der Waals surface area contributed by atoms with Gasteiger partial charge in [0.1, 0.15) is 5.78 Å². The van der Waals surface area contributed by atoms with E-state index in [1.54, 1.807) is 6.92 Å². The summed E-state index contributed by atoms with van der Waals surface area (Å²) in [5.41, 5.74) is 0. The Hall–Kier alpha value is -0.860. The molecule has 0 saturated heterocycles. The summed E-state index contributed by atoms with van der Waals surface area (Å²) in [5, 5.41) is 2.78. The van der Waals surface area contributed by atoms with Crippen LogP contribution in [0.3, 0.4) is 0 Å². The van der Waals surface area contributed by atoms with E-state index in [-0.39, 0.29) is 23.5 Å². The molecule has 1 unspecified atom stereocenters. The number of Topliss-reactive ketones (excluding diaryl/α,β-unsaturated/α-hetero) is 1. The van der Waals surface area contributed by atoms with Crippen LogP contribution in [0, 0.1) is 11.8 Å². The van der Waals surface area contributed by atoms with E-state index in [4.69, 9.17) is 0 Å². The van der Waals surface area contributed by atoms with Crippen LogP contribution in [0.1, 0.15) is 34.1 Å². The predicted molar refractivity (Wildman–Crippen MR) is 52.3 cm³/mol.